The highest BCUT2D eigenvalue weighted by atomic mass is 19.4. The first kappa shape index (κ1) is 26.8. The van der Waals surface area contributed by atoms with Gasteiger partial charge in [0.25, 0.3) is 0 Å². The van der Waals surface area contributed by atoms with Gasteiger partial charge >= 0.3 is 12.3 Å². The number of nitrogens with zero attached hydrogens (tertiary/aromatic N) is 1. The van der Waals surface area contributed by atoms with E-state index in [2.05, 4.69) is 14.7 Å². The van der Waals surface area contributed by atoms with Crippen molar-refractivity contribution >= 4 is 16.9 Å². The largest absolute Gasteiger partial charge is 0.573 e. The summed E-state index contributed by atoms with van der Waals surface area (Å²) in [5.74, 6) is 0.248. The molecule has 7 nitrogen and oxygen atoms in total. The van der Waals surface area contributed by atoms with E-state index in [-0.39, 0.29) is 19.0 Å². The molecular weight excluding hydrogens is 501 g/mol. The molecule has 200 valence electrons. The van der Waals surface area contributed by atoms with Gasteiger partial charge < -0.3 is 23.9 Å². The van der Waals surface area contributed by atoms with E-state index in [9.17, 15) is 18.0 Å². The predicted octanol–water partition coefficient (Wildman–Crippen LogP) is 6.72. The lowest BCUT2D eigenvalue weighted by atomic mass is 10.0. The smallest absolute Gasteiger partial charge is 0.494 e. The molecular formula is C28H27F3N2O5. The Balaban J connectivity index is 1.60. The van der Waals surface area contributed by atoms with E-state index in [0.717, 1.165) is 23.1 Å². The maximum Gasteiger partial charge on any atom is 0.573 e. The van der Waals surface area contributed by atoms with Crippen LogP contribution in [0.3, 0.4) is 0 Å². The quantitative estimate of drug-likeness (QED) is 0.218. The Morgan fingerprint density at radius 3 is 2.39 bits per heavy atom. The zero-order valence-corrected chi connectivity index (χ0v) is 20.9. The summed E-state index contributed by atoms with van der Waals surface area (Å²) in [6.45, 7) is 4.73. The number of esters is 1. The van der Waals surface area contributed by atoms with Crippen molar-refractivity contribution in [2.45, 2.75) is 33.1 Å². The fraction of sp³-hybridized carbons (Fsp3) is 0.286. The summed E-state index contributed by atoms with van der Waals surface area (Å²) < 4.78 is 57.8. The number of benzene rings is 2. The van der Waals surface area contributed by atoms with Crippen LogP contribution in [0.5, 0.6) is 17.2 Å². The fourth-order valence-corrected chi connectivity index (χ4v) is 3.99. The Morgan fingerprint density at radius 2 is 1.68 bits per heavy atom. The first-order chi connectivity index (χ1) is 18.3. The van der Waals surface area contributed by atoms with Gasteiger partial charge in [-0.3, -0.25) is 4.98 Å². The Labute approximate surface area is 217 Å². The van der Waals surface area contributed by atoms with E-state index in [4.69, 9.17) is 14.2 Å². The van der Waals surface area contributed by atoms with Crippen molar-refractivity contribution in [2.75, 3.05) is 19.8 Å². The van der Waals surface area contributed by atoms with Gasteiger partial charge in [-0.05, 0) is 61.4 Å². The van der Waals surface area contributed by atoms with Crippen LogP contribution in [0.25, 0.3) is 22.2 Å². The van der Waals surface area contributed by atoms with Crippen molar-refractivity contribution in [1.29, 1.82) is 0 Å². The van der Waals surface area contributed by atoms with E-state index in [1.807, 2.05) is 37.3 Å². The van der Waals surface area contributed by atoms with E-state index < -0.39 is 12.3 Å². The summed E-state index contributed by atoms with van der Waals surface area (Å²) in [7, 11) is 0. The zero-order chi connectivity index (χ0) is 27.1. The van der Waals surface area contributed by atoms with Crippen LogP contribution in [0.1, 0.15) is 36.3 Å². The molecule has 10 heteroatoms. The molecule has 0 saturated heterocycles. The summed E-state index contributed by atoms with van der Waals surface area (Å²) in [6, 6.07) is 14.5. The van der Waals surface area contributed by atoms with Gasteiger partial charge in [0.15, 0.2) is 0 Å². The average molecular weight is 529 g/mol. The van der Waals surface area contributed by atoms with Crippen molar-refractivity contribution in [3.05, 3.63) is 72.1 Å². The Kier molecular flexibility index (Phi) is 8.40. The van der Waals surface area contributed by atoms with Crippen molar-refractivity contribution in [2.24, 2.45) is 0 Å². The number of nitrogens with one attached hydrogen (secondary N) is 1. The number of carbonyl (C=O) groups excluding carboxylic acids is 1. The van der Waals surface area contributed by atoms with Crippen LogP contribution < -0.4 is 14.2 Å². The highest BCUT2D eigenvalue weighted by Crippen LogP contribution is 2.32. The first-order valence-electron chi connectivity index (χ1n) is 12.2. The number of carbonyl (C=O) groups is 1. The number of pyridine rings is 1. The Morgan fingerprint density at radius 1 is 0.947 bits per heavy atom. The van der Waals surface area contributed by atoms with E-state index in [1.165, 1.54) is 24.3 Å². The van der Waals surface area contributed by atoms with Crippen LogP contribution in [-0.4, -0.2) is 42.1 Å². The molecule has 0 spiro atoms. The molecule has 1 N–H and O–H groups in total. The van der Waals surface area contributed by atoms with Crippen molar-refractivity contribution in [3.8, 4) is 28.5 Å². The summed E-state index contributed by atoms with van der Waals surface area (Å²) in [5.41, 5.74) is 3.14. The number of ether oxygens (including phenoxy) is 4. The van der Waals surface area contributed by atoms with E-state index in [1.54, 1.807) is 13.1 Å². The molecule has 4 rings (SSSR count). The number of fused-ring (bicyclic) bond motifs is 1. The number of aromatic amines is 1. The van der Waals surface area contributed by atoms with Gasteiger partial charge in [-0.1, -0.05) is 19.1 Å². The van der Waals surface area contributed by atoms with Gasteiger partial charge in [0.1, 0.15) is 22.9 Å². The topological polar surface area (TPSA) is 82.7 Å². The van der Waals surface area contributed by atoms with Crippen LogP contribution in [0.2, 0.25) is 0 Å². The zero-order valence-electron chi connectivity index (χ0n) is 20.9. The molecule has 0 atom stereocenters. The van der Waals surface area contributed by atoms with Crippen molar-refractivity contribution in [3.63, 3.8) is 0 Å². The molecule has 0 bridgehead atoms. The maximum absolute atomic E-state index is 12.8. The predicted molar refractivity (Wildman–Crippen MR) is 136 cm³/mol. The average Bonchev–Trinajstić information content (AvgIpc) is 3.27. The molecule has 2 heterocycles. The second kappa shape index (κ2) is 11.9. The number of hydrogen-bond acceptors (Lipinski definition) is 6. The van der Waals surface area contributed by atoms with Crippen LogP contribution >= 0.6 is 0 Å². The third-order valence-corrected chi connectivity index (χ3v) is 5.57. The lowest BCUT2D eigenvalue weighted by Gasteiger charge is -2.10. The lowest BCUT2D eigenvalue weighted by molar-refractivity contribution is -0.274. The number of rotatable bonds is 11. The standard InChI is InChI=1S/C28H27F3N2O5/c1-3-15-36-21-7-5-6-18(17-21)24-25-22(12-14-32-24)23(26(33-25)27(34)35-4-2)13-16-37-19-8-10-20(11-9-19)38-28(29,30)31/h5-12,14,17,33H,3-4,13,15-16H2,1-2H3. The molecule has 0 fully saturated rings. The molecule has 2 aromatic carbocycles. The minimum atomic E-state index is -4.77. The van der Waals surface area contributed by atoms with E-state index >= 15 is 0 Å². The minimum Gasteiger partial charge on any atom is -0.494 e. The highest BCUT2D eigenvalue weighted by molar-refractivity contribution is 6.02. The van der Waals surface area contributed by atoms with Crippen LogP contribution in [0.15, 0.2) is 60.8 Å². The molecule has 0 amide bonds. The third kappa shape index (κ3) is 6.56. The van der Waals surface area contributed by atoms with E-state index in [0.29, 0.717) is 41.2 Å². The summed E-state index contributed by atoms with van der Waals surface area (Å²) in [5, 5.41) is 0.787. The van der Waals surface area contributed by atoms with Gasteiger partial charge in [0.05, 0.1) is 31.0 Å². The number of halogens is 3. The number of H-pyrrole nitrogens is 1. The molecule has 0 aliphatic rings. The van der Waals surface area contributed by atoms with Crippen LogP contribution in [0.4, 0.5) is 13.2 Å². The number of alkyl halides is 3. The van der Waals surface area contributed by atoms with Crippen molar-refractivity contribution < 1.29 is 36.9 Å². The molecule has 38 heavy (non-hydrogen) atoms. The fourth-order valence-electron chi connectivity index (χ4n) is 3.99. The number of hydrogen-bond donors (Lipinski definition) is 1. The molecule has 0 aliphatic carbocycles. The number of aromatic nitrogens is 2. The third-order valence-electron chi connectivity index (χ3n) is 5.57. The molecule has 0 radical (unpaired) electrons. The lowest BCUT2D eigenvalue weighted by Crippen LogP contribution is -2.17. The molecule has 4 aromatic rings. The first-order valence-corrected chi connectivity index (χ1v) is 12.2. The SMILES string of the molecule is CCCOc1cccc(-c2nccc3c(CCOc4ccc(OC(F)(F)F)cc4)c(C(=O)OCC)[nH]c23)c1. The van der Waals surface area contributed by atoms with Crippen LogP contribution in [-0.2, 0) is 11.2 Å². The molecule has 0 aliphatic heterocycles. The van der Waals surface area contributed by atoms with Gasteiger partial charge in [-0.25, -0.2) is 4.79 Å². The monoisotopic (exact) mass is 528 g/mol. The van der Waals surface area contributed by atoms with Crippen molar-refractivity contribution in [1.82, 2.24) is 9.97 Å². The second-order valence-electron chi connectivity index (χ2n) is 8.28. The highest BCUT2D eigenvalue weighted by Gasteiger charge is 2.31. The van der Waals surface area contributed by atoms with Gasteiger partial charge in [-0.2, -0.15) is 0 Å². The van der Waals surface area contributed by atoms with Gasteiger partial charge in [0, 0.05) is 23.6 Å². The van der Waals surface area contributed by atoms with Crippen LogP contribution in [0, 0.1) is 0 Å². The maximum atomic E-state index is 12.8. The Hall–Kier alpha value is -4.21. The summed E-state index contributed by atoms with van der Waals surface area (Å²) in [4.78, 5) is 20.6. The normalized spacial score (nSPS) is 11.4. The molecule has 0 unspecified atom stereocenters. The Bertz CT molecular complexity index is 1380. The molecule has 2 aromatic heterocycles. The summed E-state index contributed by atoms with van der Waals surface area (Å²) in [6.07, 6.45) is -1.88. The van der Waals surface area contributed by atoms with Gasteiger partial charge in [-0.15, -0.1) is 13.2 Å². The second-order valence-corrected chi connectivity index (χ2v) is 8.28. The van der Waals surface area contributed by atoms with Gasteiger partial charge in [0.2, 0.25) is 0 Å². The minimum absolute atomic E-state index is 0.164. The summed E-state index contributed by atoms with van der Waals surface area (Å²) >= 11 is 0. The molecule has 0 saturated carbocycles.